The van der Waals surface area contributed by atoms with E-state index in [0.29, 0.717) is 31.3 Å². The number of carboxylic acid groups (broad SMARTS) is 1. The zero-order valence-corrected chi connectivity index (χ0v) is 16.4. The number of hydrogen-bond donors (Lipinski definition) is 1. The molecular weight excluding hydrogens is 380 g/mol. The van der Waals surface area contributed by atoms with Crippen molar-refractivity contribution in [2.45, 2.75) is 69.7 Å². The van der Waals surface area contributed by atoms with E-state index in [0.717, 1.165) is 12.8 Å². The first-order valence-corrected chi connectivity index (χ1v) is 10.2. The topological polar surface area (TPSA) is 116 Å². The molecule has 8 heteroatoms. The molecule has 6 unspecified atom stereocenters. The molecule has 3 aliphatic carbocycles. The minimum Gasteiger partial charge on any atom is -0.481 e. The third kappa shape index (κ3) is 3.32. The Balaban J connectivity index is 1.39. The van der Waals surface area contributed by atoms with E-state index < -0.39 is 59.4 Å². The maximum Gasteiger partial charge on any atom is 0.333 e. The Bertz CT molecular complexity index is 765. The number of aliphatic carboxylic acids is 1. The zero-order chi connectivity index (χ0) is 20.9. The van der Waals surface area contributed by atoms with Gasteiger partial charge in [-0.25, -0.2) is 4.79 Å². The summed E-state index contributed by atoms with van der Waals surface area (Å²) in [5, 5.41) is 9.53. The molecule has 1 N–H and O–H groups in total. The maximum atomic E-state index is 12.6. The highest BCUT2D eigenvalue weighted by atomic mass is 16.6. The fraction of sp³-hybridized carbons (Fsp3) is 0.714. The first-order valence-electron chi connectivity index (χ1n) is 10.2. The summed E-state index contributed by atoms with van der Waals surface area (Å²) < 4.78 is 16.6. The third-order valence-electron chi connectivity index (χ3n) is 7.06. The molecule has 0 aromatic carbocycles. The minimum absolute atomic E-state index is 0.0548. The van der Waals surface area contributed by atoms with Gasteiger partial charge >= 0.3 is 23.9 Å². The van der Waals surface area contributed by atoms with E-state index in [1.165, 1.54) is 0 Å². The highest BCUT2D eigenvalue weighted by Gasteiger charge is 2.69. The van der Waals surface area contributed by atoms with E-state index in [9.17, 15) is 24.3 Å². The quantitative estimate of drug-likeness (QED) is 0.388. The van der Waals surface area contributed by atoms with E-state index >= 15 is 0 Å². The summed E-state index contributed by atoms with van der Waals surface area (Å²) in [4.78, 5) is 48.3. The van der Waals surface area contributed by atoms with Gasteiger partial charge in [-0.1, -0.05) is 6.58 Å². The summed E-state index contributed by atoms with van der Waals surface area (Å²) in [7, 11) is 0. The number of esters is 3. The van der Waals surface area contributed by atoms with Gasteiger partial charge in [0.15, 0.2) is 0 Å². The normalized spacial score (nSPS) is 36.0. The van der Waals surface area contributed by atoms with Crippen molar-refractivity contribution in [1.82, 2.24) is 0 Å². The van der Waals surface area contributed by atoms with E-state index in [-0.39, 0.29) is 12.3 Å². The smallest absolute Gasteiger partial charge is 0.333 e. The van der Waals surface area contributed by atoms with Gasteiger partial charge in [0.05, 0.1) is 11.8 Å². The summed E-state index contributed by atoms with van der Waals surface area (Å²) in [6.07, 6.45) is 2.89. The number of carbonyl (C=O) groups excluding carboxylic acids is 3. The van der Waals surface area contributed by atoms with E-state index in [4.69, 9.17) is 14.2 Å². The standard InChI is InChI=1S/C21H26O8/c1-10(2)19(25)29-21(6-3-4-7-21)8-5-13(22)27-16-11-9-12-15(14(11)18(23)24)20(26)28-17(12)16/h11-12,14-17H,1,3-9H2,2H3,(H,23,24). The van der Waals surface area contributed by atoms with Gasteiger partial charge in [-0.2, -0.15) is 0 Å². The van der Waals surface area contributed by atoms with E-state index in [2.05, 4.69) is 6.58 Å². The molecule has 0 aromatic rings. The molecule has 4 rings (SSSR count). The third-order valence-corrected chi connectivity index (χ3v) is 7.06. The van der Waals surface area contributed by atoms with Gasteiger partial charge in [0.1, 0.15) is 17.8 Å². The molecule has 8 nitrogen and oxygen atoms in total. The average Bonchev–Trinajstić information content (AvgIpc) is 3.38. The Kier molecular flexibility index (Phi) is 4.91. The van der Waals surface area contributed by atoms with Crippen LogP contribution in [0.4, 0.5) is 0 Å². The molecule has 1 saturated heterocycles. The number of ether oxygens (including phenoxy) is 3. The predicted molar refractivity (Wildman–Crippen MR) is 97.3 cm³/mol. The van der Waals surface area contributed by atoms with Crippen LogP contribution in [0.15, 0.2) is 12.2 Å². The van der Waals surface area contributed by atoms with Crippen molar-refractivity contribution in [3.63, 3.8) is 0 Å². The average molecular weight is 406 g/mol. The van der Waals surface area contributed by atoms with Crippen molar-refractivity contribution in [3.05, 3.63) is 12.2 Å². The number of rotatable bonds is 7. The van der Waals surface area contributed by atoms with Crippen LogP contribution in [0.1, 0.15) is 51.9 Å². The maximum absolute atomic E-state index is 12.6. The van der Waals surface area contributed by atoms with Crippen molar-refractivity contribution in [3.8, 4) is 0 Å². The molecule has 158 valence electrons. The second-order valence-corrected chi connectivity index (χ2v) is 8.87. The molecule has 0 radical (unpaired) electrons. The van der Waals surface area contributed by atoms with E-state index in [1.807, 2.05) is 0 Å². The molecular formula is C21H26O8. The van der Waals surface area contributed by atoms with Crippen LogP contribution in [0.25, 0.3) is 0 Å². The monoisotopic (exact) mass is 406 g/mol. The van der Waals surface area contributed by atoms with Crippen LogP contribution < -0.4 is 0 Å². The molecule has 0 amide bonds. The van der Waals surface area contributed by atoms with Crippen LogP contribution in [0, 0.1) is 23.7 Å². The van der Waals surface area contributed by atoms with Gasteiger partial charge in [0.2, 0.25) is 0 Å². The fourth-order valence-electron chi connectivity index (χ4n) is 5.73. The Morgan fingerprint density at radius 3 is 2.55 bits per heavy atom. The Hall–Kier alpha value is -2.38. The minimum atomic E-state index is -1.04. The Morgan fingerprint density at radius 1 is 1.24 bits per heavy atom. The first kappa shape index (κ1) is 19.9. The van der Waals surface area contributed by atoms with Gasteiger partial charge in [0, 0.05) is 23.8 Å². The fourth-order valence-corrected chi connectivity index (χ4v) is 5.73. The lowest BCUT2D eigenvalue weighted by atomic mass is 9.78. The van der Waals surface area contributed by atoms with Crippen molar-refractivity contribution >= 4 is 23.9 Å². The molecule has 4 fully saturated rings. The zero-order valence-electron chi connectivity index (χ0n) is 16.4. The first-order chi connectivity index (χ1) is 13.7. The summed E-state index contributed by atoms with van der Waals surface area (Å²) in [5.41, 5.74) is -0.365. The SMILES string of the molecule is C=C(C)C(=O)OC1(CCC(=O)OC2C3CC4C2OC(=O)C4C3C(=O)O)CCCC1. The van der Waals surface area contributed by atoms with Gasteiger partial charge < -0.3 is 19.3 Å². The van der Waals surface area contributed by atoms with Crippen LogP contribution in [-0.4, -0.2) is 46.8 Å². The molecule has 2 bridgehead atoms. The second kappa shape index (κ2) is 7.15. The lowest BCUT2D eigenvalue weighted by Crippen LogP contribution is -2.43. The molecule has 1 aliphatic heterocycles. The molecule has 4 aliphatic rings. The lowest BCUT2D eigenvalue weighted by molar-refractivity contribution is -0.167. The van der Waals surface area contributed by atoms with Gasteiger partial charge in [-0.05, 0) is 45.4 Å². The van der Waals surface area contributed by atoms with E-state index in [1.54, 1.807) is 6.92 Å². The predicted octanol–water partition coefficient (Wildman–Crippen LogP) is 2.00. The largest absolute Gasteiger partial charge is 0.481 e. The molecule has 1 heterocycles. The molecule has 6 atom stereocenters. The van der Waals surface area contributed by atoms with Crippen LogP contribution in [-0.2, 0) is 33.4 Å². The number of carboxylic acids is 1. The van der Waals surface area contributed by atoms with Crippen LogP contribution in [0.3, 0.4) is 0 Å². The van der Waals surface area contributed by atoms with Crippen LogP contribution >= 0.6 is 0 Å². The number of carbonyl (C=O) groups is 4. The second-order valence-electron chi connectivity index (χ2n) is 8.87. The summed E-state index contributed by atoms with van der Waals surface area (Å²) in [6, 6.07) is 0. The highest BCUT2D eigenvalue weighted by molar-refractivity contribution is 5.87. The van der Waals surface area contributed by atoms with Gasteiger partial charge in [-0.3, -0.25) is 14.4 Å². The lowest BCUT2D eigenvalue weighted by Gasteiger charge is -2.31. The molecule has 0 aromatic heterocycles. The summed E-state index contributed by atoms with van der Waals surface area (Å²) in [5.74, 6) is -4.55. The van der Waals surface area contributed by atoms with Crippen molar-refractivity contribution in [2.24, 2.45) is 23.7 Å². The van der Waals surface area contributed by atoms with Crippen molar-refractivity contribution in [2.75, 3.05) is 0 Å². The summed E-state index contributed by atoms with van der Waals surface area (Å²) >= 11 is 0. The summed E-state index contributed by atoms with van der Waals surface area (Å²) in [6.45, 7) is 5.19. The van der Waals surface area contributed by atoms with Gasteiger partial charge in [-0.15, -0.1) is 0 Å². The van der Waals surface area contributed by atoms with Crippen molar-refractivity contribution < 1.29 is 38.5 Å². The number of fused-ring (bicyclic) bond motifs is 1. The van der Waals surface area contributed by atoms with Crippen LogP contribution in [0.5, 0.6) is 0 Å². The van der Waals surface area contributed by atoms with Crippen LogP contribution in [0.2, 0.25) is 0 Å². The highest BCUT2D eigenvalue weighted by Crippen LogP contribution is 2.58. The molecule has 3 saturated carbocycles. The molecule has 0 spiro atoms. The number of hydrogen-bond acceptors (Lipinski definition) is 7. The molecule has 29 heavy (non-hydrogen) atoms. The van der Waals surface area contributed by atoms with Crippen molar-refractivity contribution in [1.29, 1.82) is 0 Å². The van der Waals surface area contributed by atoms with Gasteiger partial charge in [0.25, 0.3) is 0 Å². The Labute approximate surface area is 168 Å². The Morgan fingerprint density at radius 2 is 1.93 bits per heavy atom.